The largest absolute Gasteiger partial charge is 0.213 e. The molecule has 0 amide bonds. The number of rotatable bonds is 1. The molecule has 0 aliphatic heterocycles. The van der Waals surface area contributed by atoms with Crippen molar-refractivity contribution in [2.75, 3.05) is 0 Å². The number of hydrogen-bond acceptors (Lipinski definition) is 0. The van der Waals surface area contributed by atoms with Crippen LogP contribution < -0.4 is 4.57 Å². The number of benzene rings is 3. The second kappa shape index (κ2) is 5.66. The molecule has 0 unspecified atom stereocenters. The summed E-state index contributed by atoms with van der Waals surface area (Å²) >= 11 is 0. The van der Waals surface area contributed by atoms with Gasteiger partial charge in [-0.05, 0) is 66.9 Å². The number of halogens is 1. The highest BCUT2D eigenvalue weighted by Gasteiger charge is 2.17. The zero-order valence-electron chi connectivity index (χ0n) is 15.0. The number of hydrogen-bond donors (Lipinski definition) is 0. The lowest BCUT2D eigenvalue weighted by molar-refractivity contribution is -0.659. The second-order valence-corrected chi connectivity index (χ2v) is 6.96. The molecule has 0 saturated heterocycles. The molecule has 0 bridgehead atoms. The molecule has 0 aliphatic carbocycles. The minimum absolute atomic E-state index is 0.196. The summed E-state index contributed by atoms with van der Waals surface area (Å²) in [4.78, 5) is 0. The topological polar surface area (TPSA) is 3.88 Å². The maximum atomic E-state index is 13.6. The first-order chi connectivity index (χ1) is 11.9. The average Bonchev–Trinajstić information content (AvgIpc) is 2.57. The van der Waals surface area contributed by atoms with E-state index in [2.05, 4.69) is 62.8 Å². The molecule has 0 atom stereocenters. The van der Waals surface area contributed by atoms with Crippen LogP contribution in [0.25, 0.3) is 32.8 Å². The fourth-order valence-corrected chi connectivity index (χ4v) is 3.71. The molecule has 0 aliphatic rings. The van der Waals surface area contributed by atoms with Gasteiger partial charge in [0, 0.05) is 22.4 Å². The first-order valence-corrected chi connectivity index (χ1v) is 8.54. The van der Waals surface area contributed by atoms with Crippen LogP contribution in [0.5, 0.6) is 0 Å². The Bertz CT molecular complexity index is 1140. The number of fused-ring (bicyclic) bond motifs is 3. The van der Waals surface area contributed by atoms with Crippen LogP contribution in [0.15, 0.2) is 54.7 Å². The highest BCUT2D eigenvalue weighted by atomic mass is 19.1. The van der Waals surface area contributed by atoms with E-state index in [0.29, 0.717) is 0 Å². The van der Waals surface area contributed by atoms with Crippen molar-refractivity contribution in [3.8, 4) is 11.3 Å². The molecule has 0 saturated carbocycles. The van der Waals surface area contributed by atoms with Crippen LogP contribution in [-0.4, -0.2) is 0 Å². The Morgan fingerprint density at radius 3 is 2.36 bits per heavy atom. The lowest BCUT2D eigenvalue weighted by Crippen LogP contribution is -2.30. The number of nitrogens with zero attached hydrogens (tertiary/aromatic N) is 1. The quantitative estimate of drug-likeness (QED) is 0.318. The zero-order valence-corrected chi connectivity index (χ0v) is 15.0. The van der Waals surface area contributed by atoms with Gasteiger partial charge in [0.25, 0.3) is 0 Å². The van der Waals surface area contributed by atoms with Crippen LogP contribution in [0.3, 0.4) is 0 Å². The van der Waals surface area contributed by atoms with Gasteiger partial charge in [0.1, 0.15) is 12.9 Å². The van der Waals surface area contributed by atoms with Gasteiger partial charge in [-0.2, -0.15) is 0 Å². The maximum Gasteiger partial charge on any atom is 0.213 e. The van der Waals surface area contributed by atoms with Crippen LogP contribution in [0.2, 0.25) is 0 Å². The van der Waals surface area contributed by atoms with Crippen LogP contribution in [0, 0.1) is 26.6 Å². The van der Waals surface area contributed by atoms with Gasteiger partial charge in [-0.25, -0.2) is 8.96 Å². The fourth-order valence-electron chi connectivity index (χ4n) is 3.71. The minimum atomic E-state index is -0.196. The van der Waals surface area contributed by atoms with E-state index in [9.17, 15) is 4.39 Å². The molecule has 25 heavy (non-hydrogen) atoms. The van der Waals surface area contributed by atoms with Gasteiger partial charge in [-0.1, -0.05) is 23.8 Å². The van der Waals surface area contributed by atoms with Crippen LogP contribution in [0.4, 0.5) is 4.39 Å². The number of aryl methyl sites for hydroxylation is 3. The van der Waals surface area contributed by atoms with Crippen molar-refractivity contribution in [1.29, 1.82) is 0 Å². The average molecular weight is 330 g/mol. The Morgan fingerprint density at radius 1 is 0.800 bits per heavy atom. The summed E-state index contributed by atoms with van der Waals surface area (Å²) in [7, 11) is 2.08. The molecular weight excluding hydrogens is 309 g/mol. The van der Waals surface area contributed by atoms with Gasteiger partial charge in [0.05, 0.1) is 0 Å². The SMILES string of the molecule is Cc1cc(C)c(C)c(-c2cc3c(ccc4cc(F)ccc43)c[n+]2C)c1. The van der Waals surface area contributed by atoms with Crippen molar-refractivity contribution in [1.82, 2.24) is 0 Å². The molecule has 4 aromatic rings. The van der Waals surface area contributed by atoms with E-state index < -0.39 is 0 Å². The summed E-state index contributed by atoms with van der Waals surface area (Å²) < 4.78 is 15.8. The zero-order chi connectivity index (χ0) is 17.7. The Morgan fingerprint density at radius 2 is 1.56 bits per heavy atom. The molecule has 4 rings (SSSR count). The van der Waals surface area contributed by atoms with Crippen molar-refractivity contribution < 1.29 is 8.96 Å². The Hall–Kier alpha value is -2.74. The van der Waals surface area contributed by atoms with Crippen molar-refractivity contribution in [3.05, 3.63) is 77.2 Å². The standard InChI is InChI=1S/C23H21FN/c1-14-9-15(2)16(3)21(10-14)23-12-22-18(13-25(23)4)6-5-17-11-19(24)7-8-20(17)22/h5-13H,1-4H3/q+1. The summed E-state index contributed by atoms with van der Waals surface area (Å²) in [5.74, 6) is -0.196. The second-order valence-electron chi connectivity index (χ2n) is 6.96. The minimum Gasteiger partial charge on any atom is -0.207 e. The van der Waals surface area contributed by atoms with E-state index in [0.717, 1.165) is 21.5 Å². The fraction of sp³-hybridized carbons (Fsp3) is 0.174. The summed E-state index contributed by atoms with van der Waals surface area (Å²) in [6.07, 6.45) is 2.16. The van der Waals surface area contributed by atoms with Crippen molar-refractivity contribution >= 4 is 21.5 Å². The van der Waals surface area contributed by atoms with Gasteiger partial charge < -0.3 is 0 Å². The van der Waals surface area contributed by atoms with E-state index >= 15 is 0 Å². The van der Waals surface area contributed by atoms with E-state index in [4.69, 9.17) is 0 Å². The molecule has 0 fully saturated rings. The molecular formula is C23H21FN+. The Labute approximate surface area is 147 Å². The van der Waals surface area contributed by atoms with Gasteiger partial charge in [-0.3, -0.25) is 0 Å². The van der Waals surface area contributed by atoms with Crippen molar-refractivity contribution in [2.24, 2.45) is 7.05 Å². The molecule has 1 aromatic heterocycles. The number of aromatic nitrogens is 1. The molecule has 0 radical (unpaired) electrons. The van der Waals surface area contributed by atoms with E-state index in [1.165, 1.54) is 34.0 Å². The van der Waals surface area contributed by atoms with E-state index in [1.54, 1.807) is 6.07 Å². The highest BCUT2D eigenvalue weighted by Crippen LogP contribution is 2.30. The van der Waals surface area contributed by atoms with Crippen LogP contribution in [0.1, 0.15) is 16.7 Å². The first-order valence-electron chi connectivity index (χ1n) is 8.54. The Balaban J connectivity index is 2.08. The third kappa shape index (κ3) is 2.58. The predicted octanol–water partition coefficient (Wildman–Crippen LogP) is 5.55. The summed E-state index contributed by atoms with van der Waals surface area (Å²) in [5, 5.41) is 4.34. The van der Waals surface area contributed by atoms with Crippen molar-refractivity contribution in [3.63, 3.8) is 0 Å². The summed E-state index contributed by atoms with van der Waals surface area (Å²) in [6, 6.07) is 15.8. The van der Waals surface area contributed by atoms with Gasteiger partial charge >= 0.3 is 0 Å². The normalized spacial score (nSPS) is 11.4. The summed E-state index contributed by atoms with van der Waals surface area (Å²) in [6.45, 7) is 6.47. The van der Waals surface area contributed by atoms with Gasteiger partial charge in [-0.15, -0.1) is 0 Å². The number of pyridine rings is 1. The molecule has 0 N–H and O–H groups in total. The Kier molecular flexibility index (Phi) is 3.57. The van der Waals surface area contributed by atoms with Crippen molar-refractivity contribution in [2.45, 2.75) is 20.8 Å². The lowest BCUT2D eigenvalue weighted by Gasteiger charge is -2.11. The molecule has 124 valence electrons. The molecule has 2 heteroatoms. The van der Waals surface area contributed by atoms with Crippen LogP contribution >= 0.6 is 0 Å². The molecule has 1 heterocycles. The first kappa shape index (κ1) is 15.8. The van der Waals surface area contributed by atoms with Gasteiger partial charge in [0.15, 0.2) is 6.20 Å². The highest BCUT2D eigenvalue weighted by molar-refractivity contribution is 6.07. The third-order valence-electron chi connectivity index (χ3n) is 5.14. The maximum absolute atomic E-state index is 13.6. The summed E-state index contributed by atoms with van der Waals surface area (Å²) in [5.41, 5.74) is 6.29. The molecule has 1 nitrogen and oxygen atoms in total. The van der Waals surface area contributed by atoms with E-state index in [-0.39, 0.29) is 5.82 Å². The molecule has 3 aromatic carbocycles. The lowest BCUT2D eigenvalue weighted by atomic mass is 9.95. The monoisotopic (exact) mass is 330 g/mol. The van der Waals surface area contributed by atoms with E-state index in [1.807, 2.05) is 12.1 Å². The van der Waals surface area contributed by atoms with Gasteiger partial charge in [0.2, 0.25) is 5.69 Å². The molecule has 0 spiro atoms. The predicted molar refractivity (Wildman–Crippen MR) is 102 cm³/mol. The van der Waals surface area contributed by atoms with Crippen LogP contribution in [-0.2, 0) is 7.05 Å². The third-order valence-corrected chi connectivity index (χ3v) is 5.14. The smallest absolute Gasteiger partial charge is 0.207 e.